The standard InChI is InChI=1S/C15H29N5O4.C7H8.C5H8N2S.C4H11N3.C2H6/c1-3-17-9-13(22)18-10-14(23)20-12(6-4-5-7-16)15(24)19-8-11(2)21;1-7-5-3-2-4-6-7;1-4-3-7(2)5(8)6-4;1-2-3-7-4(5)6;1-2/h12,17H,3-10,16H2,1-2H3,(H,18,22)(H,19,24)(H,20,23);2-6H,1H3;3H,1-2H3,(H,6,8);2-3H2,1H3,(H4,5,6,7);1-2H3. The van der Waals surface area contributed by atoms with Gasteiger partial charge in [-0.1, -0.05) is 63.6 Å². The number of amides is 3. The van der Waals surface area contributed by atoms with Crippen molar-refractivity contribution in [1.29, 1.82) is 0 Å². The van der Waals surface area contributed by atoms with Crippen molar-refractivity contribution >= 4 is 41.7 Å². The molecule has 2 rings (SSSR count). The van der Waals surface area contributed by atoms with Gasteiger partial charge in [0.15, 0.2) is 10.7 Å². The number of likely N-dealkylation sites (N-methyl/N-ethyl adjacent to an activating group) is 1. The third-order valence-corrected chi connectivity index (χ3v) is 5.95. The van der Waals surface area contributed by atoms with E-state index in [-0.39, 0.29) is 37.3 Å². The van der Waals surface area contributed by atoms with Crippen molar-refractivity contribution < 1.29 is 19.2 Å². The van der Waals surface area contributed by atoms with Crippen LogP contribution in [0.1, 0.15) is 71.6 Å². The number of benzene rings is 1. The molecule has 0 radical (unpaired) electrons. The van der Waals surface area contributed by atoms with Crippen molar-refractivity contribution in [2.75, 3.05) is 39.3 Å². The number of nitrogens with two attached hydrogens (primary N) is 3. The van der Waals surface area contributed by atoms with Gasteiger partial charge >= 0.3 is 0 Å². The number of guanidine groups is 1. The van der Waals surface area contributed by atoms with Crippen molar-refractivity contribution in [2.24, 2.45) is 29.2 Å². The molecule has 1 heterocycles. The molecule has 3 amide bonds. The van der Waals surface area contributed by atoms with Crippen LogP contribution in [0.3, 0.4) is 0 Å². The molecule has 11 N–H and O–H groups in total. The predicted molar refractivity (Wildman–Crippen MR) is 199 cm³/mol. The average Bonchev–Trinajstić information content (AvgIpc) is 3.35. The van der Waals surface area contributed by atoms with Crippen molar-refractivity contribution in [3.8, 4) is 0 Å². The van der Waals surface area contributed by atoms with Gasteiger partial charge in [0.05, 0.1) is 19.6 Å². The van der Waals surface area contributed by atoms with E-state index in [2.05, 4.69) is 50.3 Å². The minimum atomic E-state index is -0.755. The number of aromatic nitrogens is 2. The minimum Gasteiger partial charge on any atom is -0.370 e. The van der Waals surface area contributed by atoms with Crippen molar-refractivity contribution in [3.63, 3.8) is 0 Å². The number of hydrogen-bond acceptors (Lipinski definition) is 8. The quantitative estimate of drug-likeness (QED) is 0.0590. The number of aryl methyl sites for hydroxylation is 3. The first kappa shape index (κ1) is 48.3. The van der Waals surface area contributed by atoms with E-state index >= 15 is 0 Å². The molecular weight excluding hydrogens is 632 g/mol. The summed E-state index contributed by atoms with van der Waals surface area (Å²) in [5.74, 6) is -1.18. The molecule has 0 aliphatic carbocycles. The average molecular weight is 695 g/mol. The summed E-state index contributed by atoms with van der Waals surface area (Å²) < 4.78 is 2.66. The van der Waals surface area contributed by atoms with Crippen LogP contribution in [0.15, 0.2) is 41.5 Å². The lowest BCUT2D eigenvalue weighted by atomic mass is 10.1. The lowest BCUT2D eigenvalue weighted by molar-refractivity contribution is -0.130. The van der Waals surface area contributed by atoms with Gasteiger partial charge in [-0.3, -0.25) is 24.2 Å². The van der Waals surface area contributed by atoms with Crippen LogP contribution in [0.2, 0.25) is 0 Å². The molecule has 274 valence electrons. The fourth-order valence-electron chi connectivity index (χ4n) is 3.24. The SMILES string of the molecule is CC.CCCN=C(N)N.CCNCC(=O)NCC(=O)NC(CCCCN)C(=O)NCC(C)=O.Cc1ccccc1.Cc1cn(C)c(=S)[nH]1. The summed E-state index contributed by atoms with van der Waals surface area (Å²) >= 11 is 4.88. The van der Waals surface area contributed by atoms with Crippen molar-refractivity contribution in [3.05, 3.63) is 52.6 Å². The Hall–Kier alpha value is -4.08. The van der Waals surface area contributed by atoms with Gasteiger partial charge in [-0.2, -0.15) is 0 Å². The second kappa shape index (κ2) is 32.8. The van der Waals surface area contributed by atoms with Gasteiger partial charge < -0.3 is 48.0 Å². The van der Waals surface area contributed by atoms with Crippen LogP contribution >= 0.6 is 12.2 Å². The van der Waals surface area contributed by atoms with Crippen molar-refractivity contribution in [1.82, 2.24) is 30.8 Å². The van der Waals surface area contributed by atoms with E-state index in [9.17, 15) is 19.2 Å². The molecular formula is C33H62N10O4S. The third-order valence-electron chi connectivity index (χ3n) is 5.56. The normalized spacial score (nSPS) is 9.94. The Morgan fingerprint density at radius 3 is 1.96 bits per heavy atom. The van der Waals surface area contributed by atoms with E-state index in [0.717, 1.165) is 29.9 Å². The highest BCUT2D eigenvalue weighted by Gasteiger charge is 2.20. The zero-order chi connectivity index (χ0) is 37.3. The number of carbonyl (C=O) groups is 4. The van der Waals surface area contributed by atoms with Crippen LogP contribution in [0.25, 0.3) is 0 Å². The zero-order valence-corrected chi connectivity index (χ0v) is 31.1. The molecule has 1 atom stereocenters. The Bertz CT molecular complexity index is 1210. The number of aliphatic imine (C=N–C) groups is 1. The van der Waals surface area contributed by atoms with E-state index in [4.69, 9.17) is 29.4 Å². The molecule has 1 unspecified atom stereocenters. The van der Waals surface area contributed by atoms with Gasteiger partial charge in [0, 0.05) is 25.5 Å². The minimum absolute atomic E-state index is 0.0818. The Morgan fingerprint density at radius 2 is 1.58 bits per heavy atom. The Kier molecular flexibility index (Phi) is 33.1. The molecule has 15 heteroatoms. The number of nitrogens with zero attached hydrogens (tertiary/aromatic N) is 2. The largest absolute Gasteiger partial charge is 0.370 e. The van der Waals surface area contributed by atoms with Crippen LogP contribution in [0, 0.1) is 18.6 Å². The summed E-state index contributed by atoms with van der Waals surface area (Å²) in [4.78, 5) is 53.0. The zero-order valence-electron chi connectivity index (χ0n) is 30.3. The molecule has 14 nitrogen and oxygen atoms in total. The number of H-pyrrole nitrogens is 1. The van der Waals surface area contributed by atoms with Gasteiger partial charge in [-0.05, 0) is 71.8 Å². The van der Waals surface area contributed by atoms with Crippen LogP contribution in [0.5, 0.6) is 0 Å². The fraction of sp³-hybridized carbons (Fsp3) is 0.576. The smallest absolute Gasteiger partial charge is 0.242 e. The van der Waals surface area contributed by atoms with Gasteiger partial charge in [-0.15, -0.1) is 0 Å². The molecule has 1 aromatic carbocycles. The highest BCUT2D eigenvalue weighted by atomic mass is 32.1. The number of unbranched alkanes of at least 4 members (excludes halogenated alkanes) is 1. The number of hydrogen-bond donors (Lipinski definition) is 8. The molecule has 0 spiro atoms. The first-order valence-corrected chi connectivity index (χ1v) is 16.7. The summed E-state index contributed by atoms with van der Waals surface area (Å²) in [5, 5.41) is 10.3. The molecule has 0 bridgehead atoms. The summed E-state index contributed by atoms with van der Waals surface area (Å²) in [6.07, 6.45) is 4.77. The Morgan fingerprint density at radius 1 is 0.958 bits per heavy atom. The fourth-order valence-corrected chi connectivity index (χ4v) is 3.45. The van der Waals surface area contributed by atoms with Crippen LogP contribution < -0.4 is 38.5 Å². The molecule has 0 fully saturated rings. The van der Waals surface area contributed by atoms with Gasteiger partial charge in [0.25, 0.3) is 0 Å². The molecule has 0 aliphatic heterocycles. The second-order valence-corrected chi connectivity index (χ2v) is 10.6. The highest BCUT2D eigenvalue weighted by Crippen LogP contribution is 2.01. The number of ketones is 1. The Labute approximate surface area is 292 Å². The van der Waals surface area contributed by atoms with E-state index in [1.54, 1.807) is 0 Å². The number of carbonyl (C=O) groups excluding carboxylic acids is 4. The van der Waals surface area contributed by atoms with E-state index in [1.165, 1.54) is 12.5 Å². The van der Waals surface area contributed by atoms with E-state index in [1.807, 2.05) is 70.6 Å². The lowest BCUT2D eigenvalue weighted by Gasteiger charge is -2.18. The molecule has 2 aromatic rings. The summed E-state index contributed by atoms with van der Waals surface area (Å²) in [6, 6.07) is 9.51. The number of aromatic amines is 1. The first-order valence-electron chi connectivity index (χ1n) is 16.3. The Balaban J connectivity index is -0.000000674. The van der Waals surface area contributed by atoms with E-state index in [0.29, 0.717) is 25.9 Å². The lowest BCUT2D eigenvalue weighted by Crippen LogP contribution is -2.50. The second-order valence-electron chi connectivity index (χ2n) is 10.2. The van der Waals surface area contributed by atoms with Gasteiger partial charge in [0.2, 0.25) is 17.7 Å². The highest BCUT2D eigenvalue weighted by molar-refractivity contribution is 7.71. The van der Waals surface area contributed by atoms with E-state index < -0.39 is 17.9 Å². The summed E-state index contributed by atoms with van der Waals surface area (Å²) in [5.41, 5.74) is 17.9. The predicted octanol–water partition coefficient (Wildman–Crippen LogP) is 2.11. The maximum Gasteiger partial charge on any atom is 0.242 e. The number of Topliss-reactive ketones (excluding diaryl/α,β-unsaturated/α-hetero) is 1. The molecule has 0 saturated heterocycles. The van der Waals surface area contributed by atoms with Crippen LogP contribution in [-0.2, 0) is 26.2 Å². The van der Waals surface area contributed by atoms with Gasteiger partial charge in [0.1, 0.15) is 11.8 Å². The van der Waals surface area contributed by atoms with Gasteiger partial charge in [-0.25, -0.2) is 0 Å². The molecule has 0 aliphatic rings. The number of nitrogens with one attached hydrogen (secondary N) is 5. The number of imidazole rings is 1. The third kappa shape index (κ3) is 31.9. The van der Waals surface area contributed by atoms with Crippen LogP contribution in [0.4, 0.5) is 0 Å². The van der Waals surface area contributed by atoms with Crippen molar-refractivity contribution in [2.45, 2.75) is 80.2 Å². The molecule has 48 heavy (non-hydrogen) atoms. The topological polar surface area (TPSA) is 228 Å². The molecule has 1 aromatic heterocycles. The molecule has 0 saturated carbocycles. The number of rotatable bonds is 15. The van der Waals surface area contributed by atoms with Crippen LogP contribution in [-0.4, -0.2) is 84.3 Å². The maximum atomic E-state index is 12.1. The first-order chi connectivity index (χ1) is 22.8. The summed E-state index contributed by atoms with van der Waals surface area (Å²) in [7, 11) is 1.92. The monoisotopic (exact) mass is 694 g/mol. The maximum absolute atomic E-state index is 12.1. The summed E-state index contributed by atoms with van der Waals surface area (Å²) in [6.45, 7) is 15.0.